The Morgan fingerprint density at radius 1 is 0.812 bits per heavy atom. The number of hydrogen-bond acceptors (Lipinski definition) is 4. The van der Waals surface area contributed by atoms with Gasteiger partial charge in [-0.1, -0.05) is 76.6 Å². The molecule has 3 aromatic carbocycles. The summed E-state index contributed by atoms with van der Waals surface area (Å²) in [6, 6.07) is 26.1. The number of halogens is 2. The lowest BCUT2D eigenvalue weighted by Crippen LogP contribution is -2.03. The first kappa shape index (κ1) is 21.8. The van der Waals surface area contributed by atoms with Gasteiger partial charge in [0, 0.05) is 10.5 Å². The van der Waals surface area contributed by atoms with Gasteiger partial charge in [0.15, 0.2) is 0 Å². The van der Waals surface area contributed by atoms with E-state index in [1.54, 1.807) is 18.2 Å². The third-order valence-electron chi connectivity index (χ3n) is 4.79. The van der Waals surface area contributed by atoms with Crippen LogP contribution in [0.5, 0.6) is 17.5 Å². The van der Waals surface area contributed by atoms with Gasteiger partial charge in [-0.15, -0.1) is 0 Å². The first-order valence-corrected chi connectivity index (χ1v) is 10.8. The number of aromatic nitrogens is 1. The zero-order valence-electron chi connectivity index (χ0n) is 17.4. The molecule has 0 atom stereocenters. The fourth-order valence-corrected chi connectivity index (χ4v) is 3.64. The predicted molar refractivity (Wildman–Crippen MR) is 125 cm³/mol. The van der Waals surface area contributed by atoms with Crippen molar-refractivity contribution in [3.05, 3.63) is 106 Å². The maximum absolute atomic E-state index is 15.0. The van der Waals surface area contributed by atoms with Crippen LogP contribution in [0.4, 0.5) is 4.39 Å². The van der Waals surface area contributed by atoms with E-state index in [2.05, 4.69) is 20.9 Å². The highest BCUT2D eigenvalue weighted by Crippen LogP contribution is 2.40. The maximum atomic E-state index is 15.0. The Bertz CT molecular complexity index is 1190. The highest BCUT2D eigenvalue weighted by atomic mass is 79.9. The summed E-state index contributed by atoms with van der Waals surface area (Å²) in [6.07, 6.45) is 0. The van der Waals surface area contributed by atoms with E-state index >= 15 is 0 Å². The highest BCUT2D eigenvalue weighted by molar-refractivity contribution is 9.10. The lowest BCUT2D eigenvalue weighted by Gasteiger charge is -2.16. The van der Waals surface area contributed by atoms with Crippen molar-refractivity contribution in [2.45, 2.75) is 13.2 Å². The van der Waals surface area contributed by atoms with Gasteiger partial charge in [0.1, 0.15) is 24.8 Å². The second-order valence-electron chi connectivity index (χ2n) is 7.02. The minimum absolute atomic E-state index is 0.263. The fourth-order valence-electron chi connectivity index (χ4n) is 3.23. The lowest BCUT2D eigenvalue weighted by atomic mass is 10.1. The molecule has 4 rings (SSSR count). The number of nitrogens with zero attached hydrogens (tertiary/aromatic N) is 1. The van der Waals surface area contributed by atoms with Crippen LogP contribution in [0.1, 0.15) is 11.1 Å². The molecule has 0 N–H and O–H groups in total. The summed E-state index contributed by atoms with van der Waals surface area (Å²) < 4.78 is 32.9. The maximum Gasteiger partial charge on any atom is 0.225 e. The Morgan fingerprint density at radius 2 is 1.44 bits per heavy atom. The number of methoxy groups -OCH3 is 1. The summed E-state index contributed by atoms with van der Waals surface area (Å²) in [5, 5.41) is 0. The molecule has 0 saturated heterocycles. The van der Waals surface area contributed by atoms with Crippen molar-refractivity contribution >= 4 is 15.9 Å². The van der Waals surface area contributed by atoms with Crippen LogP contribution >= 0.6 is 15.9 Å². The van der Waals surface area contributed by atoms with E-state index in [1.807, 2.05) is 60.7 Å². The molecule has 0 saturated carbocycles. The second kappa shape index (κ2) is 10.3. The van der Waals surface area contributed by atoms with E-state index in [4.69, 9.17) is 14.2 Å². The molecule has 0 fully saturated rings. The van der Waals surface area contributed by atoms with E-state index in [0.717, 1.165) is 11.1 Å². The smallest absolute Gasteiger partial charge is 0.225 e. The normalized spacial score (nSPS) is 10.6. The molecule has 0 aliphatic rings. The van der Waals surface area contributed by atoms with E-state index < -0.39 is 5.82 Å². The van der Waals surface area contributed by atoms with Gasteiger partial charge >= 0.3 is 0 Å². The van der Waals surface area contributed by atoms with Crippen LogP contribution in [0.2, 0.25) is 0 Å². The molecule has 0 bridgehead atoms. The molecule has 4 aromatic rings. The van der Waals surface area contributed by atoms with E-state index in [9.17, 15) is 4.39 Å². The van der Waals surface area contributed by atoms with Gasteiger partial charge < -0.3 is 14.2 Å². The van der Waals surface area contributed by atoms with Crippen LogP contribution in [0.25, 0.3) is 11.1 Å². The SMILES string of the molecule is COc1cc(Br)cc(F)c1-c1ccc(OCc2ccccc2)nc1OCc1ccccc1. The van der Waals surface area contributed by atoms with Gasteiger partial charge in [0.2, 0.25) is 11.8 Å². The van der Waals surface area contributed by atoms with Gasteiger partial charge in [-0.2, -0.15) is 4.98 Å². The molecule has 0 amide bonds. The molecule has 0 radical (unpaired) electrons. The zero-order valence-corrected chi connectivity index (χ0v) is 19.0. The van der Waals surface area contributed by atoms with Gasteiger partial charge in [-0.3, -0.25) is 0 Å². The third-order valence-corrected chi connectivity index (χ3v) is 5.25. The van der Waals surface area contributed by atoms with Gasteiger partial charge in [0.25, 0.3) is 0 Å². The Labute approximate surface area is 194 Å². The van der Waals surface area contributed by atoms with E-state index in [1.165, 1.54) is 13.2 Å². The molecule has 0 aliphatic carbocycles. The van der Waals surface area contributed by atoms with Gasteiger partial charge in [-0.05, 0) is 29.3 Å². The molecule has 162 valence electrons. The molecular weight excluding hydrogens is 473 g/mol. The molecule has 6 heteroatoms. The summed E-state index contributed by atoms with van der Waals surface area (Å²) in [5.41, 5.74) is 2.75. The lowest BCUT2D eigenvalue weighted by molar-refractivity contribution is 0.268. The Morgan fingerprint density at radius 3 is 2.06 bits per heavy atom. The van der Waals surface area contributed by atoms with Crippen LogP contribution < -0.4 is 14.2 Å². The molecule has 0 unspecified atom stereocenters. The molecule has 4 nitrogen and oxygen atoms in total. The fraction of sp³-hybridized carbons (Fsp3) is 0.115. The average molecular weight is 494 g/mol. The molecule has 1 aromatic heterocycles. The minimum atomic E-state index is -0.444. The van der Waals surface area contributed by atoms with Gasteiger partial charge in [-0.25, -0.2) is 4.39 Å². The summed E-state index contributed by atoms with van der Waals surface area (Å²) in [4.78, 5) is 4.54. The van der Waals surface area contributed by atoms with Crippen LogP contribution in [0.3, 0.4) is 0 Å². The average Bonchev–Trinajstić information content (AvgIpc) is 2.82. The highest BCUT2D eigenvalue weighted by Gasteiger charge is 2.20. The van der Waals surface area contributed by atoms with Crippen molar-refractivity contribution in [2.24, 2.45) is 0 Å². The van der Waals surface area contributed by atoms with E-state index in [-0.39, 0.29) is 18.1 Å². The van der Waals surface area contributed by atoms with Crippen LogP contribution in [0.15, 0.2) is 89.4 Å². The van der Waals surface area contributed by atoms with Crippen molar-refractivity contribution in [3.63, 3.8) is 0 Å². The van der Waals surface area contributed by atoms with Crippen LogP contribution in [-0.2, 0) is 13.2 Å². The Kier molecular flexibility index (Phi) is 7.02. The summed E-state index contributed by atoms with van der Waals surface area (Å²) in [5.74, 6) is 0.581. The predicted octanol–water partition coefficient (Wildman–Crippen LogP) is 6.82. The first-order chi connectivity index (χ1) is 15.6. The van der Waals surface area contributed by atoms with Gasteiger partial charge in [0.05, 0.1) is 18.2 Å². The quantitative estimate of drug-likeness (QED) is 0.270. The van der Waals surface area contributed by atoms with E-state index in [0.29, 0.717) is 28.3 Å². The van der Waals surface area contributed by atoms with Crippen molar-refractivity contribution in [1.29, 1.82) is 0 Å². The standard InChI is InChI=1S/C26H21BrFNO3/c1-30-23-15-20(27)14-22(28)25(23)21-12-13-24(31-16-18-8-4-2-5-9-18)29-26(21)32-17-19-10-6-3-7-11-19/h2-15H,16-17H2,1H3. The Hall–Kier alpha value is -3.38. The monoisotopic (exact) mass is 493 g/mol. The van der Waals surface area contributed by atoms with Crippen molar-refractivity contribution in [3.8, 4) is 28.6 Å². The molecule has 0 spiro atoms. The molecule has 1 heterocycles. The number of ether oxygens (including phenoxy) is 3. The summed E-state index contributed by atoms with van der Waals surface area (Å²) in [7, 11) is 1.50. The zero-order chi connectivity index (χ0) is 22.3. The summed E-state index contributed by atoms with van der Waals surface area (Å²) >= 11 is 3.31. The third kappa shape index (κ3) is 5.26. The first-order valence-electron chi connectivity index (χ1n) is 10.0. The topological polar surface area (TPSA) is 40.6 Å². The number of pyridine rings is 1. The van der Waals surface area contributed by atoms with Crippen LogP contribution in [-0.4, -0.2) is 12.1 Å². The largest absolute Gasteiger partial charge is 0.496 e. The summed E-state index contributed by atoms with van der Waals surface area (Å²) in [6.45, 7) is 0.644. The van der Waals surface area contributed by atoms with Crippen molar-refractivity contribution < 1.29 is 18.6 Å². The van der Waals surface area contributed by atoms with Crippen molar-refractivity contribution in [1.82, 2.24) is 4.98 Å². The number of rotatable bonds is 8. The molecule has 0 aliphatic heterocycles. The number of benzene rings is 3. The molecule has 32 heavy (non-hydrogen) atoms. The van der Waals surface area contributed by atoms with Crippen molar-refractivity contribution in [2.75, 3.05) is 7.11 Å². The molecular formula is C26H21BrFNO3. The Balaban J connectivity index is 1.68. The number of hydrogen-bond donors (Lipinski definition) is 0. The second-order valence-corrected chi connectivity index (χ2v) is 7.93. The minimum Gasteiger partial charge on any atom is -0.496 e. The van der Waals surface area contributed by atoms with Crippen LogP contribution in [0, 0.1) is 5.82 Å².